The summed E-state index contributed by atoms with van der Waals surface area (Å²) in [4.78, 5) is 12.0. The van der Waals surface area contributed by atoms with Crippen LogP contribution in [0.2, 0.25) is 0 Å². The molecule has 2 aromatic rings. The summed E-state index contributed by atoms with van der Waals surface area (Å²) in [6.45, 7) is 4.17. The van der Waals surface area contributed by atoms with Crippen molar-refractivity contribution in [3.05, 3.63) is 75.9 Å². The van der Waals surface area contributed by atoms with Crippen molar-refractivity contribution < 1.29 is 4.79 Å². The summed E-state index contributed by atoms with van der Waals surface area (Å²) in [5, 5.41) is 3.21. The summed E-state index contributed by atoms with van der Waals surface area (Å²) in [6.07, 6.45) is 4.22. The monoisotopic (exact) mass is 343 g/mol. The molecule has 0 unspecified atom stereocenters. The fourth-order valence-electron chi connectivity index (χ4n) is 2.05. The number of nitrogens with one attached hydrogen (secondary N) is 1. The minimum Gasteiger partial charge on any atom is -0.361 e. The fraction of sp³-hybridized carbons (Fsp3) is 0.167. The highest BCUT2D eigenvalue weighted by atomic mass is 79.9. The molecule has 0 fully saturated rings. The van der Waals surface area contributed by atoms with Gasteiger partial charge in [0.2, 0.25) is 0 Å². The topological polar surface area (TPSA) is 29.1 Å². The van der Waals surface area contributed by atoms with E-state index in [0.717, 1.165) is 16.6 Å². The molecule has 0 aliphatic rings. The van der Waals surface area contributed by atoms with Crippen LogP contribution in [0.15, 0.2) is 59.2 Å². The van der Waals surface area contributed by atoms with Crippen LogP contribution in [0.3, 0.4) is 0 Å². The predicted octanol–water partition coefficient (Wildman–Crippen LogP) is 5.13. The van der Waals surface area contributed by atoms with E-state index < -0.39 is 0 Å². The maximum atomic E-state index is 12.0. The van der Waals surface area contributed by atoms with E-state index in [1.807, 2.05) is 12.1 Å². The fourth-order valence-corrected chi connectivity index (χ4v) is 2.31. The van der Waals surface area contributed by atoms with Gasteiger partial charge in [-0.15, -0.1) is 0 Å². The molecule has 0 radical (unpaired) electrons. The molecule has 0 heterocycles. The number of benzene rings is 2. The molecular formula is C18H18BrNO. The van der Waals surface area contributed by atoms with Gasteiger partial charge in [-0.3, -0.25) is 4.79 Å². The number of rotatable bonds is 5. The Morgan fingerprint density at radius 3 is 2.57 bits per heavy atom. The van der Waals surface area contributed by atoms with E-state index in [0.29, 0.717) is 5.56 Å². The molecule has 108 valence electrons. The van der Waals surface area contributed by atoms with Crippen molar-refractivity contribution >= 4 is 27.4 Å². The quantitative estimate of drug-likeness (QED) is 0.602. The van der Waals surface area contributed by atoms with Crippen molar-refractivity contribution in [2.24, 2.45) is 0 Å². The van der Waals surface area contributed by atoms with Gasteiger partial charge in [0, 0.05) is 28.0 Å². The molecule has 0 bridgehead atoms. The molecule has 0 spiro atoms. The molecule has 2 aromatic carbocycles. The summed E-state index contributed by atoms with van der Waals surface area (Å²) in [7, 11) is 0. The standard InChI is InChI=1S/C18H18BrNO/c1-3-14-5-4-13(2)12-17(14)20-11-10-18(21)15-6-8-16(19)9-7-15/h4-12,20H,3H2,1-2H3. The van der Waals surface area contributed by atoms with Gasteiger partial charge in [-0.2, -0.15) is 0 Å². The SMILES string of the molecule is CCc1ccc(C)cc1NC=CC(=O)c1ccc(Br)cc1. The van der Waals surface area contributed by atoms with Crippen molar-refractivity contribution in [2.75, 3.05) is 5.32 Å². The van der Waals surface area contributed by atoms with Crippen LogP contribution in [0.1, 0.15) is 28.4 Å². The molecule has 0 saturated carbocycles. The van der Waals surface area contributed by atoms with Gasteiger partial charge in [-0.05, 0) is 54.8 Å². The summed E-state index contributed by atoms with van der Waals surface area (Å²) < 4.78 is 0.966. The zero-order chi connectivity index (χ0) is 15.2. The normalized spacial score (nSPS) is 10.8. The third kappa shape index (κ3) is 4.30. The molecule has 0 saturated heterocycles. The highest BCUT2D eigenvalue weighted by Crippen LogP contribution is 2.18. The van der Waals surface area contributed by atoms with E-state index in [4.69, 9.17) is 0 Å². The van der Waals surface area contributed by atoms with Crippen LogP contribution in [0.4, 0.5) is 5.69 Å². The van der Waals surface area contributed by atoms with E-state index in [1.54, 1.807) is 24.4 Å². The predicted molar refractivity (Wildman–Crippen MR) is 91.8 cm³/mol. The molecule has 1 N–H and O–H groups in total. The second kappa shape index (κ2) is 7.23. The lowest BCUT2D eigenvalue weighted by atomic mass is 10.1. The summed E-state index contributed by atoms with van der Waals surface area (Å²) >= 11 is 3.36. The van der Waals surface area contributed by atoms with Gasteiger partial charge in [0.05, 0.1) is 0 Å². The molecule has 2 nitrogen and oxygen atoms in total. The number of carbonyl (C=O) groups excluding carboxylic acids is 1. The highest BCUT2D eigenvalue weighted by molar-refractivity contribution is 9.10. The smallest absolute Gasteiger partial charge is 0.187 e. The first-order chi connectivity index (χ1) is 10.1. The Kier molecular flexibility index (Phi) is 5.34. The Labute approximate surface area is 134 Å². The lowest BCUT2D eigenvalue weighted by Gasteiger charge is -2.08. The number of hydrogen-bond acceptors (Lipinski definition) is 2. The molecule has 0 amide bonds. The van der Waals surface area contributed by atoms with Gasteiger partial charge in [0.25, 0.3) is 0 Å². The number of halogens is 1. The van der Waals surface area contributed by atoms with Gasteiger partial charge in [-0.1, -0.05) is 35.0 Å². The number of aryl methyl sites for hydroxylation is 2. The Balaban J connectivity index is 2.07. The Hall–Kier alpha value is -1.87. The summed E-state index contributed by atoms with van der Waals surface area (Å²) in [5.74, 6) is -0.0132. The van der Waals surface area contributed by atoms with E-state index in [1.165, 1.54) is 11.1 Å². The molecule has 0 aliphatic carbocycles. The summed E-state index contributed by atoms with van der Waals surface area (Å²) in [6, 6.07) is 13.6. The number of anilines is 1. The molecule has 2 rings (SSSR count). The van der Waals surface area contributed by atoms with Crippen molar-refractivity contribution in [3.8, 4) is 0 Å². The van der Waals surface area contributed by atoms with E-state index in [9.17, 15) is 4.79 Å². The molecule has 0 aliphatic heterocycles. The second-order valence-corrected chi connectivity index (χ2v) is 5.78. The van der Waals surface area contributed by atoms with Crippen LogP contribution < -0.4 is 5.32 Å². The van der Waals surface area contributed by atoms with Crippen LogP contribution in [-0.4, -0.2) is 5.78 Å². The number of hydrogen-bond donors (Lipinski definition) is 1. The van der Waals surface area contributed by atoms with Crippen LogP contribution >= 0.6 is 15.9 Å². The molecule has 3 heteroatoms. The van der Waals surface area contributed by atoms with E-state index in [-0.39, 0.29) is 5.78 Å². The maximum Gasteiger partial charge on any atom is 0.187 e. The highest BCUT2D eigenvalue weighted by Gasteiger charge is 2.02. The van der Waals surface area contributed by atoms with Gasteiger partial charge >= 0.3 is 0 Å². The lowest BCUT2D eigenvalue weighted by molar-refractivity contribution is 0.104. The van der Waals surface area contributed by atoms with E-state index >= 15 is 0 Å². The van der Waals surface area contributed by atoms with Crippen LogP contribution in [0.25, 0.3) is 0 Å². The van der Waals surface area contributed by atoms with Crippen molar-refractivity contribution in [3.63, 3.8) is 0 Å². The van der Waals surface area contributed by atoms with E-state index in [2.05, 4.69) is 53.3 Å². The van der Waals surface area contributed by atoms with Gasteiger partial charge in [0.1, 0.15) is 0 Å². The van der Waals surface area contributed by atoms with Gasteiger partial charge < -0.3 is 5.32 Å². The average molecular weight is 344 g/mol. The number of ketones is 1. The van der Waals surface area contributed by atoms with Crippen molar-refractivity contribution in [1.82, 2.24) is 0 Å². The van der Waals surface area contributed by atoms with Gasteiger partial charge in [0.15, 0.2) is 5.78 Å². The largest absolute Gasteiger partial charge is 0.361 e. The van der Waals surface area contributed by atoms with Gasteiger partial charge in [-0.25, -0.2) is 0 Å². The Morgan fingerprint density at radius 2 is 1.90 bits per heavy atom. The molecule has 0 aromatic heterocycles. The zero-order valence-corrected chi connectivity index (χ0v) is 13.8. The summed E-state index contributed by atoms with van der Waals surface area (Å²) in [5.41, 5.74) is 4.16. The third-order valence-electron chi connectivity index (χ3n) is 3.25. The van der Waals surface area contributed by atoms with Crippen LogP contribution in [-0.2, 0) is 6.42 Å². The Morgan fingerprint density at radius 1 is 1.19 bits per heavy atom. The molecule has 0 atom stereocenters. The maximum absolute atomic E-state index is 12.0. The molecular weight excluding hydrogens is 326 g/mol. The first kappa shape index (κ1) is 15.5. The Bertz CT molecular complexity index is 659. The molecule has 21 heavy (non-hydrogen) atoms. The second-order valence-electron chi connectivity index (χ2n) is 4.86. The lowest BCUT2D eigenvalue weighted by Crippen LogP contribution is -1.98. The third-order valence-corrected chi connectivity index (χ3v) is 3.78. The first-order valence-electron chi connectivity index (χ1n) is 6.92. The zero-order valence-electron chi connectivity index (χ0n) is 12.2. The average Bonchev–Trinajstić information content (AvgIpc) is 2.48. The minimum absolute atomic E-state index is 0.0132. The van der Waals surface area contributed by atoms with Crippen LogP contribution in [0, 0.1) is 6.92 Å². The van der Waals surface area contributed by atoms with Crippen LogP contribution in [0.5, 0.6) is 0 Å². The first-order valence-corrected chi connectivity index (χ1v) is 7.72. The number of carbonyl (C=O) groups is 1. The minimum atomic E-state index is -0.0132. The number of allylic oxidation sites excluding steroid dienone is 1. The van der Waals surface area contributed by atoms with Crippen molar-refractivity contribution in [1.29, 1.82) is 0 Å². The van der Waals surface area contributed by atoms with Crippen molar-refractivity contribution in [2.45, 2.75) is 20.3 Å².